The monoisotopic (exact) mass is 517 g/mol. The van der Waals surface area contributed by atoms with Crippen molar-refractivity contribution in [3.63, 3.8) is 0 Å². The van der Waals surface area contributed by atoms with Crippen LogP contribution in [-0.4, -0.2) is 73.4 Å². The molecule has 35 heavy (non-hydrogen) atoms. The summed E-state index contributed by atoms with van der Waals surface area (Å²) in [6, 6.07) is 0. The van der Waals surface area contributed by atoms with Crippen molar-refractivity contribution in [3.05, 3.63) is 11.3 Å². The number of amides is 1. The Bertz CT molecular complexity index is 849. The number of hydrogen-bond acceptors (Lipinski definition) is 7. The van der Waals surface area contributed by atoms with Gasteiger partial charge in [0.15, 0.2) is 9.84 Å². The van der Waals surface area contributed by atoms with Gasteiger partial charge in [0.05, 0.1) is 4.75 Å². The van der Waals surface area contributed by atoms with Crippen molar-refractivity contribution in [2.24, 2.45) is 5.41 Å². The van der Waals surface area contributed by atoms with Crippen LogP contribution in [-0.2, 0) is 24.2 Å². The van der Waals surface area contributed by atoms with Gasteiger partial charge in [-0.05, 0) is 51.6 Å². The lowest BCUT2D eigenvalue weighted by molar-refractivity contribution is -0.136. The van der Waals surface area contributed by atoms with E-state index in [2.05, 4.69) is 10.6 Å². The van der Waals surface area contributed by atoms with Crippen LogP contribution in [0.25, 0.3) is 0 Å². The minimum atomic E-state index is -3.72. The van der Waals surface area contributed by atoms with Gasteiger partial charge in [-0.15, -0.1) is 0 Å². The molecule has 1 aliphatic carbocycles. The molecular weight excluding hydrogens is 470 g/mol. The zero-order valence-electron chi connectivity index (χ0n) is 22.9. The number of carboxylic acid groups (broad SMARTS) is 1. The van der Waals surface area contributed by atoms with Crippen molar-refractivity contribution in [2.75, 3.05) is 26.7 Å². The molecule has 1 heterocycles. The smallest absolute Gasteiger partial charge is 0.303 e. The van der Waals surface area contributed by atoms with Gasteiger partial charge in [0.2, 0.25) is 0 Å². The van der Waals surface area contributed by atoms with E-state index in [0.717, 1.165) is 25.7 Å². The molecule has 0 radical (unpaired) electrons. The maximum Gasteiger partial charge on any atom is 0.303 e. The first-order valence-corrected chi connectivity index (χ1v) is 14.2. The van der Waals surface area contributed by atoms with Crippen molar-refractivity contribution in [2.45, 2.75) is 97.1 Å². The van der Waals surface area contributed by atoms with E-state index in [1.165, 1.54) is 0 Å². The molecule has 0 aromatic heterocycles. The predicted molar refractivity (Wildman–Crippen MR) is 140 cm³/mol. The fourth-order valence-electron chi connectivity index (χ4n) is 4.82. The molecule has 0 aromatic carbocycles. The summed E-state index contributed by atoms with van der Waals surface area (Å²) in [7, 11) is -1.89. The highest BCUT2D eigenvalue weighted by atomic mass is 32.2. The summed E-state index contributed by atoms with van der Waals surface area (Å²) >= 11 is 0. The lowest BCUT2D eigenvalue weighted by Gasteiger charge is -2.50. The first kappa shape index (κ1) is 33.1. The quantitative estimate of drug-likeness (QED) is 0.397. The van der Waals surface area contributed by atoms with E-state index in [1.54, 1.807) is 25.7 Å². The van der Waals surface area contributed by atoms with Crippen LogP contribution in [0.15, 0.2) is 11.3 Å². The highest BCUT2D eigenvalue weighted by molar-refractivity contribution is 7.93. The summed E-state index contributed by atoms with van der Waals surface area (Å²) in [6.45, 7) is 14.8. The minimum Gasteiger partial charge on any atom is -0.481 e. The van der Waals surface area contributed by atoms with Crippen molar-refractivity contribution in [3.8, 4) is 0 Å². The van der Waals surface area contributed by atoms with Crippen molar-refractivity contribution in [1.82, 2.24) is 15.5 Å². The second-order valence-electron chi connectivity index (χ2n) is 9.12. The Morgan fingerprint density at radius 1 is 1.20 bits per heavy atom. The molecule has 2 unspecified atom stereocenters. The molecule has 204 valence electrons. The summed E-state index contributed by atoms with van der Waals surface area (Å²) in [5.41, 5.74) is 0.467. The Labute approximate surface area is 212 Å². The van der Waals surface area contributed by atoms with Crippen LogP contribution in [0.1, 0.15) is 87.0 Å². The topological polar surface area (TPSA) is 133 Å². The third-order valence-electron chi connectivity index (χ3n) is 7.33. The van der Waals surface area contributed by atoms with Crippen LogP contribution in [0.3, 0.4) is 0 Å². The summed E-state index contributed by atoms with van der Waals surface area (Å²) in [6.07, 6.45) is 4.23. The van der Waals surface area contributed by atoms with E-state index in [4.69, 9.17) is 5.11 Å². The van der Waals surface area contributed by atoms with Crippen LogP contribution in [0, 0.1) is 5.41 Å². The third kappa shape index (κ3) is 7.06. The number of carboxylic acids is 1. The normalized spacial score (nSPS) is 24.2. The lowest BCUT2D eigenvalue weighted by Crippen LogP contribution is -2.62. The van der Waals surface area contributed by atoms with E-state index in [1.807, 2.05) is 34.7 Å². The SMILES string of the molecule is CC.CCC(=O)O.CCN(CCNC)C(=O)C1=C(C)C(C)(C2(C)CCCC2)S(=O)(=O)C(CC=O)N1. The second-order valence-corrected chi connectivity index (χ2v) is 11.6. The standard InChI is InChI=1S/C20H35N3O4S.C3H6O2.C2H6/c1-6-23(13-12-21-5)18(25)17-15(2)20(4,19(3)10-7-8-11-19)28(26,27)16(22-17)9-14-24;1-2-3(4)5;1-2/h14,16,21-22H,6-13H2,1-5H3;2H2,1H3,(H,4,5);1-2H3. The van der Waals surface area contributed by atoms with Crippen molar-refractivity contribution >= 4 is 28.0 Å². The number of hydrogen-bond donors (Lipinski definition) is 3. The van der Waals surface area contributed by atoms with Gasteiger partial charge >= 0.3 is 5.97 Å². The summed E-state index contributed by atoms with van der Waals surface area (Å²) in [5, 5.41) is 12.6. The van der Waals surface area contributed by atoms with E-state index in [9.17, 15) is 22.8 Å². The zero-order valence-corrected chi connectivity index (χ0v) is 23.7. The summed E-state index contributed by atoms with van der Waals surface area (Å²) < 4.78 is 26.1. The van der Waals surface area contributed by atoms with Gasteiger partial charge in [-0.1, -0.05) is 40.5 Å². The molecule has 2 rings (SSSR count). The number of nitrogens with one attached hydrogen (secondary N) is 2. The molecule has 2 aliphatic rings. The fourth-order valence-corrected chi connectivity index (χ4v) is 7.41. The molecule has 10 heteroatoms. The number of sulfone groups is 1. The predicted octanol–water partition coefficient (Wildman–Crippen LogP) is 3.11. The van der Waals surface area contributed by atoms with E-state index in [-0.39, 0.29) is 18.7 Å². The van der Waals surface area contributed by atoms with Gasteiger partial charge in [0.25, 0.3) is 5.91 Å². The van der Waals surface area contributed by atoms with Gasteiger partial charge in [0, 0.05) is 32.5 Å². The van der Waals surface area contributed by atoms with E-state index < -0.39 is 31.3 Å². The first-order chi connectivity index (χ1) is 16.4. The molecule has 9 nitrogen and oxygen atoms in total. The van der Waals surface area contributed by atoms with Crippen LogP contribution in [0.5, 0.6) is 0 Å². The van der Waals surface area contributed by atoms with E-state index >= 15 is 0 Å². The second kappa shape index (κ2) is 14.6. The lowest BCUT2D eigenvalue weighted by atomic mass is 9.71. The molecule has 2 atom stereocenters. The van der Waals surface area contributed by atoms with Gasteiger partial charge in [-0.3, -0.25) is 9.59 Å². The highest BCUT2D eigenvalue weighted by Gasteiger charge is 2.61. The number of rotatable bonds is 9. The van der Waals surface area contributed by atoms with Crippen molar-refractivity contribution < 1.29 is 27.9 Å². The van der Waals surface area contributed by atoms with E-state index in [0.29, 0.717) is 37.2 Å². The van der Waals surface area contributed by atoms with Crippen LogP contribution in [0.4, 0.5) is 0 Å². The maximum atomic E-state index is 13.6. The Balaban J connectivity index is 0.00000146. The molecule has 1 amide bonds. The number of nitrogens with zero attached hydrogens (tertiary/aromatic N) is 1. The molecular formula is C25H47N3O6S. The fraction of sp³-hybridized carbons (Fsp3) is 0.800. The Kier molecular flexibility index (Phi) is 13.8. The third-order valence-corrected chi connectivity index (χ3v) is 10.3. The average Bonchev–Trinajstić information content (AvgIpc) is 3.29. The molecule has 1 fully saturated rings. The highest BCUT2D eigenvalue weighted by Crippen LogP contribution is 2.55. The number of likely N-dealkylation sites (N-methyl/N-ethyl adjacent to an activating group) is 2. The largest absolute Gasteiger partial charge is 0.481 e. The summed E-state index contributed by atoms with van der Waals surface area (Å²) in [4.78, 5) is 35.6. The molecule has 1 saturated carbocycles. The number of aliphatic carboxylic acids is 1. The summed E-state index contributed by atoms with van der Waals surface area (Å²) in [5.74, 6) is -0.945. The van der Waals surface area contributed by atoms with Gasteiger partial charge in [-0.25, -0.2) is 8.42 Å². The van der Waals surface area contributed by atoms with Gasteiger partial charge in [0.1, 0.15) is 17.4 Å². The number of carbonyl (C=O) groups excluding carboxylic acids is 2. The molecule has 1 aliphatic heterocycles. The zero-order chi connectivity index (χ0) is 27.4. The molecule has 0 aromatic rings. The minimum absolute atomic E-state index is 0.166. The van der Waals surface area contributed by atoms with Crippen LogP contribution >= 0.6 is 0 Å². The molecule has 0 saturated heterocycles. The first-order valence-electron chi connectivity index (χ1n) is 12.7. The van der Waals surface area contributed by atoms with Crippen LogP contribution in [0.2, 0.25) is 0 Å². The Morgan fingerprint density at radius 2 is 1.71 bits per heavy atom. The Morgan fingerprint density at radius 3 is 2.11 bits per heavy atom. The van der Waals surface area contributed by atoms with Gasteiger partial charge in [-0.2, -0.15) is 0 Å². The number of carbonyl (C=O) groups is 3. The average molecular weight is 518 g/mol. The number of aldehydes is 1. The molecule has 0 spiro atoms. The van der Waals surface area contributed by atoms with Crippen molar-refractivity contribution in [1.29, 1.82) is 0 Å². The molecule has 3 N–H and O–H groups in total. The Hall–Kier alpha value is -1.94. The maximum absolute atomic E-state index is 13.6. The van der Waals surface area contributed by atoms with Crippen LogP contribution < -0.4 is 10.6 Å². The molecule has 0 bridgehead atoms. The van der Waals surface area contributed by atoms with Gasteiger partial charge < -0.3 is 25.4 Å².